The van der Waals surface area contributed by atoms with E-state index in [-0.39, 0.29) is 4.21 Å². The molecule has 0 spiro atoms. The molecule has 0 N–H and O–H groups in total. The van der Waals surface area contributed by atoms with Gasteiger partial charge >= 0.3 is 0 Å². The van der Waals surface area contributed by atoms with Crippen molar-refractivity contribution in [3.8, 4) is 10.0 Å². The molecule has 15 heavy (non-hydrogen) atoms. The molecule has 0 amide bonds. The first-order valence-electron chi connectivity index (χ1n) is 3.49. The fraction of sp³-hybridized carbons (Fsp3) is 0. The molecule has 80 valence electrons. The predicted octanol–water partition coefficient (Wildman–Crippen LogP) is 2.85. The number of halogens is 2. The number of thiazole rings is 2. The molecule has 0 aliphatic heterocycles. The Bertz CT molecular complexity index is 589. The van der Waals surface area contributed by atoms with E-state index in [1.807, 2.05) is 0 Å². The molecule has 0 bridgehead atoms. The summed E-state index contributed by atoms with van der Waals surface area (Å²) in [5.41, 5.74) is 0. The van der Waals surface area contributed by atoms with E-state index in [9.17, 15) is 8.42 Å². The van der Waals surface area contributed by atoms with Crippen LogP contribution in [-0.4, -0.2) is 18.4 Å². The Hall–Kier alpha value is -0.210. The molecule has 0 saturated heterocycles. The number of rotatable bonds is 2. The molecule has 0 aliphatic rings. The van der Waals surface area contributed by atoms with Crippen LogP contribution in [0.2, 0.25) is 4.34 Å². The van der Waals surface area contributed by atoms with E-state index in [2.05, 4.69) is 9.97 Å². The molecule has 0 fully saturated rings. The number of aromatic nitrogens is 2. The van der Waals surface area contributed by atoms with Crippen molar-refractivity contribution in [1.82, 2.24) is 9.97 Å². The maximum absolute atomic E-state index is 11.0. The van der Waals surface area contributed by atoms with Crippen molar-refractivity contribution < 1.29 is 8.42 Å². The van der Waals surface area contributed by atoms with E-state index in [1.165, 1.54) is 23.7 Å². The van der Waals surface area contributed by atoms with Crippen LogP contribution in [0.25, 0.3) is 10.0 Å². The van der Waals surface area contributed by atoms with Crippen LogP contribution in [-0.2, 0) is 9.05 Å². The van der Waals surface area contributed by atoms with Crippen molar-refractivity contribution in [1.29, 1.82) is 0 Å². The predicted molar refractivity (Wildman–Crippen MR) is 61.3 cm³/mol. The third kappa shape index (κ3) is 2.48. The molecule has 0 saturated carbocycles. The van der Waals surface area contributed by atoms with Gasteiger partial charge in [0.05, 0.1) is 12.4 Å². The van der Waals surface area contributed by atoms with Gasteiger partial charge in [-0.25, -0.2) is 18.4 Å². The first-order valence-corrected chi connectivity index (χ1v) is 7.81. The second-order valence-electron chi connectivity index (χ2n) is 2.39. The smallest absolute Gasteiger partial charge is 0.240 e. The standard InChI is InChI=1S/C6H2Cl2N2O2S3/c7-3-1-9-5(13-3)6-10-2-4(14-6)15(8,11)12/h1-2H. The molecule has 2 rings (SSSR count). The quantitative estimate of drug-likeness (QED) is 0.800. The van der Waals surface area contributed by atoms with Crippen LogP contribution in [0.4, 0.5) is 0 Å². The van der Waals surface area contributed by atoms with Crippen LogP contribution < -0.4 is 0 Å². The number of nitrogens with zero attached hydrogens (tertiary/aromatic N) is 2. The molecule has 0 radical (unpaired) electrons. The summed E-state index contributed by atoms with van der Waals surface area (Å²) in [7, 11) is 1.45. The highest BCUT2D eigenvalue weighted by Crippen LogP contribution is 2.33. The van der Waals surface area contributed by atoms with E-state index >= 15 is 0 Å². The molecule has 0 aliphatic carbocycles. The maximum atomic E-state index is 11.0. The van der Waals surface area contributed by atoms with E-state index < -0.39 is 9.05 Å². The van der Waals surface area contributed by atoms with Crippen molar-refractivity contribution >= 4 is 54.0 Å². The zero-order valence-electron chi connectivity index (χ0n) is 6.85. The second-order valence-corrected chi connectivity index (χ2v) is 7.88. The second kappa shape index (κ2) is 3.99. The Morgan fingerprint density at radius 3 is 2.20 bits per heavy atom. The Morgan fingerprint density at radius 1 is 1.13 bits per heavy atom. The Labute approximate surface area is 103 Å². The van der Waals surface area contributed by atoms with Gasteiger partial charge in [-0.15, -0.1) is 0 Å². The highest BCUT2D eigenvalue weighted by atomic mass is 35.7. The van der Waals surface area contributed by atoms with Crippen LogP contribution in [0.1, 0.15) is 0 Å². The molecule has 2 aromatic heterocycles. The van der Waals surface area contributed by atoms with Crippen molar-refractivity contribution in [3.63, 3.8) is 0 Å². The average Bonchev–Trinajstić information content (AvgIpc) is 2.69. The van der Waals surface area contributed by atoms with Crippen LogP contribution in [0, 0.1) is 0 Å². The van der Waals surface area contributed by atoms with Gasteiger partial charge in [0.2, 0.25) is 0 Å². The van der Waals surface area contributed by atoms with E-state index in [0.717, 1.165) is 11.3 Å². The van der Waals surface area contributed by atoms with Gasteiger partial charge in [0.15, 0.2) is 14.2 Å². The van der Waals surface area contributed by atoms with Gasteiger partial charge in [-0.2, -0.15) is 0 Å². The number of hydrogen-bond donors (Lipinski definition) is 0. The Kier molecular flexibility index (Phi) is 3.00. The minimum absolute atomic E-state index is 0.00508. The summed E-state index contributed by atoms with van der Waals surface area (Å²) in [6.07, 6.45) is 2.69. The van der Waals surface area contributed by atoms with Crippen molar-refractivity contribution in [2.75, 3.05) is 0 Å². The van der Waals surface area contributed by atoms with E-state index in [1.54, 1.807) is 0 Å². The van der Waals surface area contributed by atoms with E-state index in [0.29, 0.717) is 14.4 Å². The van der Waals surface area contributed by atoms with Gasteiger partial charge in [0, 0.05) is 10.7 Å². The summed E-state index contributed by atoms with van der Waals surface area (Å²) in [5.74, 6) is 0. The van der Waals surface area contributed by atoms with Crippen molar-refractivity contribution in [3.05, 3.63) is 16.7 Å². The summed E-state index contributed by atoms with van der Waals surface area (Å²) in [4.78, 5) is 7.89. The van der Waals surface area contributed by atoms with Crippen LogP contribution in [0.3, 0.4) is 0 Å². The first-order chi connectivity index (χ1) is 6.97. The Balaban J connectivity index is 2.44. The van der Waals surface area contributed by atoms with Gasteiger partial charge in [-0.3, -0.25) is 0 Å². The summed E-state index contributed by atoms with van der Waals surface area (Å²) < 4.78 is 22.5. The van der Waals surface area contributed by atoms with Crippen LogP contribution in [0.15, 0.2) is 16.6 Å². The summed E-state index contributed by atoms with van der Waals surface area (Å²) in [6.45, 7) is 0. The molecular formula is C6H2Cl2N2O2S3. The molecular weight excluding hydrogens is 299 g/mol. The lowest BCUT2D eigenvalue weighted by Crippen LogP contribution is -1.83. The molecule has 0 atom stereocenters. The number of hydrogen-bond acceptors (Lipinski definition) is 6. The Morgan fingerprint density at radius 2 is 1.73 bits per heavy atom. The minimum Gasteiger partial charge on any atom is -0.240 e. The van der Waals surface area contributed by atoms with Crippen LogP contribution in [0.5, 0.6) is 0 Å². The van der Waals surface area contributed by atoms with Gasteiger partial charge in [0.25, 0.3) is 9.05 Å². The summed E-state index contributed by atoms with van der Waals surface area (Å²) >= 11 is 7.89. The largest absolute Gasteiger partial charge is 0.272 e. The van der Waals surface area contributed by atoms with Crippen molar-refractivity contribution in [2.45, 2.75) is 4.21 Å². The highest BCUT2D eigenvalue weighted by Gasteiger charge is 2.16. The lowest BCUT2D eigenvalue weighted by atomic mass is 10.7. The van der Waals surface area contributed by atoms with Gasteiger partial charge in [-0.1, -0.05) is 34.3 Å². The molecule has 2 aromatic rings. The fourth-order valence-electron chi connectivity index (χ4n) is 0.824. The summed E-state index contributed by atoms with van der Waals surface area (Å²) in [5, 5.41) is 1.07. The lowest BCUT2D eigenvalue weighted by molar-refractivity contribution is 0.611. The highest BCUT2D eigenvalue weighted by molar-refractivity contribution is 8.15. The normalized spacial score (nSPS) is 11.9. The monoisotopic (exact) mass is 300 g/mol. The molecule has 9 heteroatoms. The van der Waals surface area contributed by atoms with Gasteiger partial charge in [-0.05, 0) is 0 Å². The molecule has 4 nitrogen and oxygen atoms in total. The lowest BCUT2D eigenvalue weighted by Gasteiger charge is -1.85. The molecule has 0 aromatic carbocycles. The molecule has 2 heterocycles. The zero-order valence-corrected chi connectivity index (χ0v) is 10.8. The SMILES string of the molecule is O=S(=O)(Cl)c1cnc(-c2ncc(Cl)s2)s1. The maximum Gasteiger partial charge on any atom is 0.272 e. The summed E-state index contributed by atoms with van der Waals surface area (Å²) in [6, 6.07) is 0. The zero-order chi connectivity index (χ0) is 11.1. The van der Waals surface area contributed by atoms with Gasteiger partial charge < -0.3 is 0 Å². The third-order valence-corrected chi connectivity index (χ3v) is 5.70. The average molecular weight is 301 g/mol. The topological polar surface area (TPSA) is 59.9 Å². The molecule has 0 unspecified atom stereocenters. The van der Waals surface area contributed by atoms with E-state index in [4.69, 9.17) is 22.3 Å². The third-order valence-electron chi connectivity index (χ3n) is 1.39. The van der Waals surface area contributed by atoms with Crippen LogP contribution >= 0.6 is 45.0 Å². The van der Waals surface area contributed by atoms with Gasteiger partial charge in [0.1, 0.15) is 4.34 Å². The minimum atomic E-state index is -3.71. The first kappa shape index (κ1) is 11.3. The fourth-order valence-corrected chi connectivity index (χ4v) is 3.64. The van der Waals surface area contributed by atoms with Crippen molar-refractivity contribution in [2.24, 2.45) is 0 Å².